The van der Waals surface area contributed by atoms with Crippen molar-refractivity contribution in [2.75, 3.05) is 19.6 Å². The number of hydrogen-bond donors (Lipinski definition) is 1. The van der Waals surface area contributed by atoms with Gasteiger partial charge in [-0.2, -0.15) is 0 Å². The van der Waals surface area contributed by atoms with Crippen LogP contribution in [0.25, 0.3) is 6.08 Å². The Morgan fingerprint density at radius 2 is 1.97 bits per heavy atom. The minimum atomic E-state index is -0.486. The third-order valence-electron chi connectivity index (χ3n) is 5.01. The summed E-state index contributed by atoms with van der Waals surface area (Å²) in [5.74, 6) is -0.830. The lowest BCUT2D eigenvalue weighted by Gasteiger charge is -2.25. The first kappa shape index (κ1) is 22.4. The van der Waals surface area contributed by atoms with Gasteiger partial charge in [0.15, 0.2) is 0 Å². The van der Waals surface area contributed by atoms with Gasteiger partial charge in [-0.3, -0.25) is 24.1 Å². The molecule has 0 radical (unpaired) electrons. The van der Waals surface area contributed by atoms with Crippen LogP contribution < -0.4 is 5.32 Å². The highest BCUT2D eigenvalue weighted by Gasteiger charge is 2.36. The normalized spacial score (nSPS) is 20.5. The number of thioether (sulfide) groups is 1. The van der Waals surface area contributed by atoms with Crippen LogP contribution in [-0.2, 0) is 14.4 Å². The summed E-state index contributed by atoms with van der Waals surface area (Å²) in [4.78, 5) is 52.7. The molecule has 2 aliphatic rings. The number of rotatable bonds is 6. The molecule has 2 fully saturated rings. The standard InChI is InChI=1S/C21H24ClN3O4S/c1-13(2)19(27)24-10-3-4-16(24)18(26)23-9-11-25-20(28)17(30-21(25)29)12-14-5-7-15(22)8-6-14/h5-8,12-13,16H,3-4,9-11H2,1-2H3,(H,23,26)/b17-12+. The second-order valence-electron chi connectivity index (χ2n) is 7.52. The van der Waals surface area contributed by atoms with Gasteiger partial charge in [-0.25, -0.2) is 0 Å². The minimum Gasteiger partial charge on any atom is -0.353 e. The lowest BCUT2D eigenvalue weighted by atomic mass is 10.1. The third kappa shape index (κ3) is 5.05. The van der Waals surface area contributed by atoms with Crippen molar-refractivity contribution in [3.05, 3.63) is 39.8 Å². The average molecular weight is 450 g/mol. The lowest BCUT2D eigenvalue weighted by molar-refractivity contribution is -0.140. The molecule has 0 spiro atoms. The fourth-order valence-corrected chi connectivity index (χ4v) is 4.44. The number of carbonyl (C=O) groups is 4. The number of likely N-dealkylation sites (tertiary alicyclic amines) is 1. The molecule has 0 bridgehead atoms. The summed E-state index contributed by atoms with van der Waals surface area (Å²) in [6, 6.07) is 6.47. The molecule has 1 atom stereocenters. The van der Waals surface area contributed by atoms with Crippen LogP contribution in [-0.4, -0.2) is 58.4 Å². The second kappa shape index (κ2) is 9.66. The molecule has 1 aromatic carbocycles. The highest BCUT2D eigenvalue weighted by Crippen LogP contribution is 2.32. The Balaban J connectivity index is 1.55. The van der Waals surface area contributed by atoms with Gasteiger partial charge < -0.3 is 10.2 Å². The van der Waals surface area contributed by atoms with Crippen LogP contribution in [0.3, 0.4) is 0 Å². The molecule has 3 rings (SSSR count). The Morgan fingerprint density at radius 3 is 2.63 bits per heavy atom. The van der Waals surface area contributed by atoms with Crippen LogP contribution in [0, 0.1) is 5.92 Å². The average Bonchev–Trinajstić information content (AvgIpc) is 3.29. The van der Waals surface area contributed by atoms with Crippen molar-refractivity contribution in [3.63, 3.8) is 0 Å². The fourth-order valence-electron chi connectivity index (χ4n) is 3.45. The summed E-state index contributed by atoms with van der Waals surface area (Å²) >= 11 is 6.74. The number of halogens is 1. The van der Waals surface area contributed by atoms with E-state index in [1.165, 1.54) is 0 Å². The van der Waals surface area contributed by atoms with Crippen molar-refractivity contribution in [1.29, 1.82) is 0 Å². The molecule has 1 N–H and O–H groups in total. The van der Waals surface area contributed by atoms with Crippen molar-refractivity contribution in [1.82, 2.24) is 15.1 Å². The molecule has 0 aliphatic carbocycles. The lowest BCUT2D eigenvalue weighted by Crippen LogP contribution is -2.48. The largest absolute Gasteiger partial charge is 0.353 e. The maximum Gasteiger partial charge on any atom is 0.293 e. The number of hydrogen-bond acceptors (Lipinski definition) is 5. The molecule has 7 nitrogen and oxygen atoms in total. The van der Waals surface area contributed by atoms with Crippen LogP contribution in [0.15, 0.2) is 29.2 Å². The highest BCUT2D eigenvalue weighted by atomic mass is 35.5. The Bertz CT molecular complexity index is 885. The Kier molecular flexibility index (Phi) is 7.20. The van der Waals surface area contributed by atoms with Crippen molar-refractivity contribution in [2.24, 2.45) is 5.92 Å². The summed E-state index contributed by atoms with van der Waals surface area (Å²) in [5.41, 5.74) is 0.773. The van der Waals surface area contributed by atoms with E-state index >= 15 is 0 Å². The summed E-state index contributed by atoms with van der Waals surface area (Å²) in [6.07, 6.45) is 3.05. The van der Waals surface area contributed by atoms with Gasteiger partial charge in [0.2, 0.25) is 11.8 Å². The van der Waals surface area contributed by atoms with E-state index in [0.29, 0.717) is 22.9 Å². The van der Waals surface area contributed by atoms with Crippen LogP contribution in [0.2, 0.25) is 5.02 Å². The molecule has 4 amide bonds. The smallest absolute Gasteiger partial charge is 0.293 e. The monoisotopic (exact) mass is 449 g/mol. The molecular weight excluding hydrogens is 426 g/mol. The number of imide groups is 1. The molecule has 2 aliphatic heterocycles. The fraction of sp³-hybridized carbons (Fsp3) is 0.429. The van der Waals surface area contributed by atoms with E-state index in [9.17, 15) is 19.2 Å². The van der Waals surface area contributed by atoms with E-state index in [4.69, 9.17) is 11.6 Å². The molecular formula is C21H24ClN3O4S. The maximum absolute atomic E-state index is 12.6. The van der Waals surface area contributed by atoms with Gasteiger partial charge in [0, 0.05) is 30.6 Å². The van der Waals surface area contributed by atoms with Gasteiger partial charge in [-0.05, 0) is 48.4 Å². The number of benzene rings is 1. The van der Waals surface area contributed by atoms with Crippen molar-refractivity contribution in [3.8, 4) is 0 Å². The minimum absolute atomic E-state index is 0.0362. The number of nitrogens with zero attached hydrogens (tertiary/aromatic N) is 2. The van der Waals surface area contributed by atoms with Gasteiger partial charge in [-0.1, -0.05) is 37.6 Å². The van der Waals surface area contributed by atoms with E-state index in [1.807, 2.05) is 13.8 Å². The van der Waals surface area contributed by atoms with Gasteiger partial charge in [0.25, 0.3) is 11.1 Å². The molecule has 2 heterocycles. The van der Waals surface area contributed by atoms with E-state index in [0.717, 1.165) is 28.6 Å². The molecule has 9 heteroatoms. The topological polar surface area (TPSA) is 86.8 Å². The van der Waals surface area contributed by atoms with Gasteiger partial charge in [0.1, 0.15) is 6.04 Å². The van der Waals surface area contributed by atoms with Gasteiger partial charge in [-0.15, -0.1) is 0 Å². The number of carbonyl (C=O) groups excluding carboxylic acids is 4. The van der Waals surface area contributed by atoms with Crippen LogP contribution in [0.1, 0.15) is 32.3 Å². The Morgan fingerprint density at radius 1 is 1.27 bits per heavy atom. The van der Waals surface area contributed by atoms with E-state index in [1.54, 1.807) is 35.2 Å². The molecule has 2 saturated heterocycles. The first-order valence-corrected chi connectivity index (χ1v) is 11.1. The quantitative estimate of drug-likeness (QED) is 0.674. The van der Waals surface area contributed by atoms with Crippen molar-refractivity contribution < 1.29 is 19.2 Å². The molecule has 30 heavy (non-hydrogen) atoms. The van der Waals surface area contributed by atoms with Gasteiger partial charge >= 0.3 is 0 Å². The first-order valence-electron chi connectivity index (χ1n) is 9.87. The summed E-state index contributed by atoms with van der Waals surface area (Å²) in [6.45, 7) is 4.43. The summed E-state index contributed by atoms with van der Waals surface area (Å²) in [7, 11) is 0. The molecule has 0 saturated carbocycles. The third-order valence-corrected chi connectivity index (χ3v) is 6.17. The van der Waals surface area contributed by atoms with E-state index in [2.05, 4.69) is 5.32 Å². The molecule has 160 valence electrons. The first-order chi connectivity index (χ1) is 14.3. The molecule has 0 aromatic heterocycles. The zero-order valence-corrected chi connectivity index (χ0v) is 18.5. The summed E-state index contributed by atoms with van der Waals surface area (Å²) < 4.78 is 0. The number of nitrogens with one attached hydrogen (secondary N) is 1. The Hall–Kier alpha value is -2.32. The van der Waals surface area contributed by atoms with Crippen LogP contribution in [0.4, 0.5) is 4.79 Å². The highest BCUT2D eigenvalue weighted by molar-refractivity contribution is 8.18. The zero-order chi connectivity index (χ0) is 21.8. The van der Waals surface area contributed by atoms with Crippen molar-refractivity contribution in [2.45, 2.75) is 32.7 Å². The van der Waals surface area contributed by atoms with E-state index in [-0.39, 0.29) is 42.0 Å². The molecule has 1 unspecified atom stereocenters. The predicted molar refractivity (Wildman–Crippen MR) is 117 cm³/mol. The van der Waals surface area contributed by atoms with E-state index < -0.39 is 6.04 Å². The van der Waals surface area contributed by atoms with Crippen molar-refractivity contribution >= 4 is 52.4 Å². The number of amides is 4. The molecule has 1 aromatic rings. The predicted octanol–water partition coefficient (Wildman–Crippen LogP) is 3.14. The van der Waals surface area contributed by atoms with Crippen LogP contribution >= 0.6 is 23.4 Å². The SMILES string of the molecule is CC(C)C(=O)N1CCCC1C(=O)NCCN1C(=O)S/C(=C/c2ccc(Cl)cc2)C1=O. The van der Waals surface area contributed by atoms with Gasteiger partial charge in [0.05, 0.1) is 4.91 Å². The Labute approximate surface area is 184 Å². The maximum atomic E-state index is 12.6. The van der Waals surface area contributed by atoms with Crippen LogP contribution in [0.5, 0.6) is 0 Å². The second-order valence-corrected chi connectivity index (χ2v) is 8.95. The zero-order valence-electron chi connectivity index (χ0n) is 16.9. The summed E-state index contributed by atoms with van der Waals surface area (Å²) in [5, 5.41) is 2.99.